The second kappa shape index (κ2) is 3.81. The zero-order valence-electron chi connectivity index (χ0n) is 14.2. The third-order valence-electron chi connectivity index (χ3n) is 2.17. The van der Waals surface area contributed by atoms with Gasteiger partial charge in [0.05, 0.1) is 0 Å². The lowest BCUT2D eigenvalue weighted by atomic mass is 10.1. The lowest BCUT2D eigenvalue weighted by Gasteiger charge is -2.03. The van der Waals surface area contributed by atoms with Crippen LogP contribution in [-0.2, 0) is 14.0 Å². The van der Waals surface area contributed by atoms with Crippen molar-refractivity contribution in [1.82, 2.24) is 9.13 Å². The van der Waals surface area contributed by atoms with Crippen molar-refractivity contribution in [1.29, 1.82) is 0 Å². The number of hydrogen-bond donors (Lipinski definition) is 0. The largest absolute Gasteiger partial charge is 0.319 e. The Morgan fingerprint density at radius 3 is 1.69 bits per heavy atom. The van der Waals surface area contributed by atoms with Gasteiger partial charge in [-0.3, -0.25) is 9.59 Å². The molecule has 0 radical (unpaired) electrons. The highest BCUT2D eigenvalue weighted by molar-refractivity contribution is 5.61. The zero-order valence-corrected chi connectivity index (χ0v) is 8.18. The molecule has 0 atom stereocenters. The van der Waals surface area contributed by atoms with Gasteiger partial charge in [-0.2, -0.15) is 0 Å². The SMILES string of the molecule is [2H]C([2H])([2H])n1ccc(-c2ccn(C([2H])([2H])[2H])c(=O)c2)cc1=O. The first-order valence-corrected chi connectivity index (χ1v) is 4.47. The molecule has 82 valence electrons. The molecule has 0 aromatic carbocycles. The van der Waals surface area contributed by atoms with Crippen molar-refractivity contribution >= 4 is 0 Å². The molecule has 0 spiro atoms. The number of rotatable bonds is 1. The maximum absolute atomic E-state index is 11.8. The van der Waals surface area contributed by atoms with Crippen LogP contribution in [0.5, 0.6) is 0 Å². The molecule has 0 N–H and O–H groups in total. The van der Waals surface area contributed by atoms with Crippen molar-refractivity contribution in [2.75, 3.05) is 0 Å². The Labute approximate surface area is 101 Å². The summed E-state index contributed by atoms with van der Waals surface area (Å²) in [4.78, 5) is 23.6. The molecule has 16 heavy (non-hydrogen) atoms. The van der Waals surface area contributed by atoms with Gasteiger partial charge in [-0.15, -0.1) is 0 Å². The van der Waals surface area contributed by atoms with E-state index in [2.05, 4.69) is 0 Å². The summed E-state index contributed by atoms with van der Waals surface area (Å²) < 4.78 is 44.4. The molecule has 0 aliphatic rings. The molecular weight excluding hydrogens is 204 g/mol. The van der Waals surface area contributed by atoms with Gasteiger partial charge < -0.3 is 9.13 Å². The molecule has 0 amide bonds. The summed E-state index contributed by atoms with van der Waals surface area (Å²) in [7, 11) is 0. The first-order chi connectivity index (χ1) is 10.00. The quantitative estimate of drug-likeness (QED) is 0.714. The van der Waals surface area contributed by atoms with Gasteiger partial charge in [0.15, 0.2) is 0 Å². The molecule has 4 heteroatoms. The molecule has 0 saturated heterocycles. The minimum atomic E-state index is -2.58. The van der Waals surface area contributed by atoms with Crippen LogP contribution in [0.4, 0.5) is 0 Å². The fraction of sp³-hybridized carbons (Fsp3) is 0.167. The van der Waals surface area contributed by atoms with E-state index < -0.39 is 25.1 Å². The Balaban J connectivity index is 2.51. The van der Waals surface area contributed by atoms with Gasteiger partial charge >= 0.3 is 0 Å². The van der Waals surface area contributed by atoms with Crippen molar-refractivity contribution in [2.24, 2.45) is 14.0 Å². The number of aromatic nitrogens is 2. The molecule has 0 aliphatic carbocycles. The van der Waals surface area contributed by atoms with Crippen LogP contribution < -0.4 is 11.1 Å². The van der Waals surface area contributed by atoms with E-state index in [0.29, 0.717) is 20.3 Å². The summed E-state index contributed by atoms with van der Waals surface area (Å²) in [6, 6.07) is 4.92. The lowest BCUT2D eigenvalue weighted by Crippen LogP contribution is -2.16. The zero-order chi connectivity index (χ0) is 16.7. The summed E-state index contributed by atoms with van der Waals surface area (Å²) in [5, 5.41) is 0. The molecule has 2 aromatic rings. The Morgan fingerprint density at radius 1 is 0.938 bits per heavy atom. The van der Waals surface area contributed by atoms with Crippen molar-refractivity contribution in [3.8, 4) is 11.1 Å². The van der Waals surface area contributed by atoms with Crippen molar-refractivity contribution in [3.05, 3.63) is 57.4 Å². The Morgan fingerprint density at radius 2 is 1.38 bits per heavy atom. The molecular formula is C12H12N2O2. The van der Waals surface area contributed by atoms with Crippen molar-refractivity contribution in [3.63, 3.8) is 0 Å². The van der Waals surface area contributed by atoms with Crippen LogP contribution in [0.2, 0.25) is 0 Å². The van der Waals surface area contributed by atoms with Crippen LogP contribution in [0.1, 0.15) is 8.22 Å². The molecule has 0 unspecified atom stereocenters. The van der Waals surface area contributed by atoms with Crippen molar-refractivity contribution in [2.45, 2.75) is 0 Å². The Hall–Kier alpha value is -2.10. The second-order valence-electron chi connectivity index (χ2n) is 3.25. The van der Waals surface area contributed by atoms with Gasteiger partial charge in [0.1, 0.15) is 0 Å². The predicted molar refractivity (Wildman–Crippen MR) is 62.4 cm³/mol. The molecule has 0 saturated carbocycles. The normalized spacial score (nSPS) is 17.5. The van der Waals surface area contributed by atoms with Gasteiger partial charge in [0.25, 0.3) is 11.1 Å². The van der Waals surface area contributed by atoms with E-state index in [0.717, 1.165) is 24.5 Å². The first-order valence-electron chi connectivity index (χ1n) is 7.47. The highest BCUT2D eigenvalue weighted by atomic mass is 16.1. The number of hydrogen-bond acceptors (Lipinski definition) is 2. The molecule has 2 rings (SSSR count). The van der Waals surface area contributed by atoms with Crippen LogP contribution >= 0.6 is 0 Å². The molecule has 2 aromatic heterocycles. The van der Waals surface area contributed by atoms with Crippen LogP contribution in [-0.4, -0.2) is 9.13 Å². The number of aryl methyl sites for hydroxylation is 2. The highest BCUT2D eigenvalue weighted by Gasteiger charge is 2.00. The average Bonchev–Trinajstić information content (AvgIpc) is 2.35. The minimum Gasteiger partial charge on any atom is -0.319 e. The Bertz CT molecular complexity index is 746. The van der Waals surface area contributed by atoms with E-state index in [1.165, 1.54) is 12.1 Å². The maximum Gasteiger partial charge on any atom is 0.250 e. The Kier molecular flexibility index (Phi) is 1.26. The fourth-order valence-electron chi connectivity index (χ4n) is 1.32. The molecule has 0 fully saturated rings. The van der Waals surface area contributed by atoms with Crippen LogP contribution in [0.3, 0.4) is 0 Å². The number of pyridine rings is 2. The smallest absolute Gasteiger partial charge is 0.250 e. The van der Waals surface area contributed by atoms with Gasteiger partial charge in [-0.1, -0.05) is 0 Å². The summed E-state index contributed by atoms with van der Waals surface area (Å²) >= 11 is 0. The minimum absolute atomic E-state index is 0.334. The van der Waals surface area contributed by atoms with E-state index >= 15 is 0 Å². The highest BCUT2D eigenvalue weighted by Crippen LogP contribution is 2.14. The van der Waals surface area contributed by atoms with E-state index in [1.807, 2.05) is 0 Å². The molecule has 2 heterocycles. The lowest BCUT2D eigenvalue weighted by molar-refractivity contribution is 0.856. The molecule has 0 bridgehead atoms. The van der Waals surface area contributed by atoms with E-state index in [1.54, 1.807) is 0 Å². The second-order valence-corrected chi connectivity index (χ2v) is 3.25. The van der Waals surface area contributed by atoms with Crippen LogP contribution in [0, 0.1) is 0 Å². The summed E-state index contributed by atoms with van der Waals surface area (Å²) in [5.74, 6) is 0. The van der Waals surface area contributed by atoms with Crippen LogP contribution in [0.15, 0.2) is 46.2 Å². The van der Waals surface area contributed by atoms with E-state index in [-0.39, 0.29) is 0 Å². The molecule has 4 nitrogen and oxygen atoms in total. The monoisotopic (exact) mass is 222 g/mol. The van der Waals surface area contributed by atoms with E-state index in [4.69, 9.17) is 8.22 Å². The standard InChI is InChI=1S/C12H12N2O2/c1-13-5-3-9(7-11(13)15)10-4-6-14(2)12(16)8-10/h3-8H,1-2H3/i1D3,2D3. The first kappa shape index (κ1) is 5.30. The maximum atomic E-state index is 11.8. The summed E-state index contributed by atoms with van der Waals surface area (Å²) in [6.07, 6.45) is 2.22. The summed E-state index contributed by atoms with van der Waals surface area (Å²) in [6.45, 7) is -5.17. The summed E-state index contributed by atoms with van der Waals surface area (Å²) in [5.41, 5.74) is -0.810. The molecule has 0 aliphatic heterocycles. The van der Waals surface area contributed by atoms with Gasteiger partial charge in [-0.05, 0) is 23.3 Å². The number of nitrogens with zero attached hydrogens (tertiary/aromatic N) is 2. The van der Waals surface area contributed by atoms with Gasteiger partial charge in [0, 0.05) is 46.7 Å². The average molecular weight is 222 g/mol. The van der Waals surface area contributed by atoms with Crippen LogP contribution in [0.25, 0.3) is 11.1 Å². The third-order valence-corrected chi connectivity index (χ3v) is 2.17. The van der Waals surface area contributed by atoms with E-state index in [9.17, 15) is 9.59 Å². The third kappa shape index (κ3) is 1.82. The predicted octanol–water partition coefficient (Wildman–Crippen LogP) is 0.751. The van der Waals surface area contributed by atoms with Gasteiger partial charge in [-0.25, -0.2) is 0 Å². The topological polar surface area (TPSA) is 44.0 Å². The van der Waals surface area contributed by atoms with Gasteiger partial charge in [0.2, 0.25) is 0 Å². The van der Waals surface area contributed by atoms with Crippen molar-refractivity contribution < 1.29 is 8.22 Å². The fourth-order valence-corrected chi connectivity index (χ4v) is 1.32.